The number of aliphatic hydroxyl groups is 1. The monoisotopic (exact) mass is 366 g/mol. The van der Waals surface area contributed by atoms with E-state index >= 15 is 0 Å². The van der Waals surface area contributed by atoms with Gasteiger partial charge in [0.2, 0.25) is 0 Å². The standard InChI is InChI=1S/C22H22O5/c1-14-4-9-18(15(2)12-14)20-19(23)10-11-22(20,25)13-27-21(24)16-5-7-17(26-3)8-6-16/h4-12,20,25H,13H2,1-3H3/t20-,22+/m0/s1. The Morgan fingerprint density at radius 2 is 1.85 bits per heavy atom. The van der Waals surface area contributed by atoms with Gasteiger partial charge in [-0.25, -0.2) is 4.79 Å². The third-order valence-corrected chi connectivity index (χ3v) is 4.82. The molecule has 0 unspecified atom stereocenters. The SMILES string of the molecule is COc1ccc(C(=O)OC[C@]2(O)C=CC(=O)[C@@H]2c2ccc(C)cc2C)cc1. The van der Waals surface area contributed by atoms with Gasteiger partial charge in [0.05, 0.1) is 18.6 Å². The van der Waals surface area contributed by atoms with Gasteiger partial charge in [0.1, 0.15) is 18.0 Å². The number of esters is 1. The van der Waals surface area contributed by atoms with Crippen molar-refractivity contribution in [2.24, 2.45) is 0 Å². The summed E-state index contributed by atoms with van der Waals surface area (Å²) in [6.07, 6.45) is 2.77. The summed E-state index contributed by atoms with van der Waals surface area (Å²) in [5.41, 5.74) is 1.50. The molecule has 0 heterocycles. The number of hydrogen-bond acceptors (Lipinski definition) is 5. The van der Waals surface area contributed by atoms with E-state index < -0.39 is 17.5 Å². The van der Waals surface area contributed by atoms with Crippen molar-refractivity contribution >= 4 is 11.8 Å². The molecule has 0 amide bonds. The van der Waals surface area contributed by atoms with Crippen LogP contribution in [0.2, 0.25) is 0 Å². The predicted octanol–water partition coefficient (Wildman–Crippen LogP) is 3.12. The minimum absolute atomic E-state index is 0.204. The minimum Gasteiger partial charge on any atom is -0.497 e. The third kappa shape index (κ3) is 3.78. The van der Waals surface area contributed by atoms with E-state index in [0.717, 1.165) is 16.7 Å². The largest absolute Gasteiger partial charge is 0.497 e. The van der Waals surface area contributed by atoms with E-state index in [1.807, 2.05) is 32.0 Å². The summed E-state index contributed by atoms with van der Waals surface area (Å²) in [4.78, 5) is 24.7. The summed E-state index contributed by atoms with van der Waals surface area (Å²) in [6.45, 7) is 3.56. The van der Waals surface area contributed by atoms with Crippen LogP contribution in [0.1, 0.15) is 33.0 Å². The van der Waals surface area contributed by atoms with Crippen molar-refractivity contribution in [3.8, 4) is 5.75 Å². The second kappa shape index (κ2) is 7.37. The molecule has 1 aliphatic rings. The average molecular weight is 366 g/mol. The lowest BCUT2D eigenvalue weighted by molar-refractivity contribution is -0.120. The molecule has 2 aromatic rings. The van der Waals surface area contributed by atoms with E-state index in [1.54, 1.807) is 31.4 Å². The summed E-state index contributed by atoms with van der Waals surface area (Å²) < 4.78 is 10.4. The number of methoxy groups -OCH3 is 1. The number of ketones is 1. The molecule has 0 fully saturated rings. The van der Waals surface area contributed by atoms with Gasteiger partial charge in [0.25, 0.3) is 0 Å². The summed E-state index contributed by atoms with van der Waals surface area (Å²) in [6, 6.07) is 12.2. The first-order valence-corrected chi connectivity index (χ1v) is 8.68. The molecule has 0 saturated heterocycles. The highest BCUT2D eigenvalue weighted by atomic mass is 16.5. The first-order chi connectivity index (χ1) is 12.8. The van der Waals surface area contributed by atoms with Gasteiger partial charge >= 0.3 is 5.97 Å². The molecule has 5 heteroatoms. The van der Waals surface area contributed by atoms with Crippen LogP contribution >= 0.6 is 0 Å². The summed E-state index contributed by atoms with van der Waals surface area (Å²) in [5.74, 6) is -0.936. The fraction of sp³-hybridized carbons (Fsp3) is 0.273. The Bertz CT molecular complexity index is 897. The number of aryl methyl sites for hydroxylation is 2. The Morgan fingerprint density at radius 3 is 2.48 bits per heavy atom. The van der Waals surface area contributed by atoms with E-state index in [4.69, 9.17) is 9.47 Å². The zero-order valence-corrected chi connectivity index (χ0v) is 15.6. The Hall–Kier alpha value is -2.92. The number of carbonyl (C=O) groups excluding carboxylic acids is 2. The molecule has 2 aromatic carbocycles. The lowest BCUT2D eigenvalue weighted by Crippen LogP contribution is -2.40. The van der Waals surface area contributed by atoms with Gasteiger partial charge in [-0.2, -0.15) is 0 Å². The number of rotatable bonds is 5. The van der Waals surface area contributed by atoms with E-state index in [2.05, 4.69) is 0 Å². The number of benzene rings is 2. The summed E-state index contributed by atoms with van der Waals surface area (Å²) in [5, 5.41) is 11.0. The maximum atomic E-state index is 12.4. The van der Waals surface area contributed by atoms with Crippen molar-refractivity contribution in [3.63, 3.8) is 0 Å². The fourth-order valence-electron chi connectivity index (χ4n) is 3.36. The average Bonchev–Trinajstić information content (AvgIpc) is 2.95. The van der Waals surface area contributed by atoms with Gasteiger partial charge in [-0.1, -0.05) is 23.8 Å². The molecule has 5 nitrogen and oxygen atoms in total. The topological polar surface area (TPSA) is 72.8 Å². The quantitative estimate of drug-likeness (QED) is 0.823. The molecule has 1 aliphatic carbocycles. The van der Waals surface area contributed by atoms with E-state index in [1.165, 1.54) is 12.2 Å². The first kappa shape index (κ1) is 18.9. The molecular formula is C22H22O5. The smallest absolute Gasteiger partial charge is 0.338 e. The van der Waals surface area contributed by atoms with Crippen molar-refractivity contribution in [1.82, 2.24) is 0 Å². The second-order valence-corrected chi connectivity index (χ2v) is 6.82. The van der Waals surface area contributed by atoms with Crippen LogP contribution in [0.5, 0.6) is 5.75 Å². The molecule has 0 aromatic heterocycles. The van der Waals surface area contributed by atoms with Crippen LogP contribution in [-0.2, 0) is 9.53 Å². The zero-order chi connectivity index (χ0) is 19.6. The summed E-state index contributed by atoms with van der Waals surface area (Å²) >= 11 is 0. The lowest BCUT2D eigenvalue weighted by Gasteiger charge is -2.29. The van der Waals surface area contributed by atoms with Crippen LogP contribution in [0, 0.1) is 13.8 Å². The van der Waals surface area contributed by atoms with Crippen molar-refractivity contribution in [3.05, 3.63) is 76.9 Å². The Morgan fingerprint density at radius 1 is 1.15 bits per heavy atom. The second-order valence-electron chi connectivity index (χ2n) is 6.82. The van der Waals surface area contributed by atoms with Crippen LogP contribution in [0.4, 0.5) is 0 Å². The predicted molar refractivity (Wildman–Crippen MR) is 101 cm³/mol. The maximum Gasteiger partial charge on any atom is 0.338 e. The van der Waals surface area contributed by atoms with E-state index in [9.17, 15) is 14.7 Å². The highest BCUT2D eigenvalue weighted by Gasteiger charge is 2.45. The van der Waals surface area contributed by atoms with Crippen molar-refractivity contribution < 1.29 is 24.2 Å². The number of hydrogen-bond donors (Lipinski definition) is 1. The molecule has 0 bridgehead atoms. The van der Waals surface area contributed by atoms with Gasteiger partial charge in [-0.3, -0.25) is 4.79 Å². The van der Waals surface area contributed by atoms with Crippen LogP contribution in [0.25, 0.3) is 0 Å². The molecule has 2 atom stereocenters. The van der Waals surface area contributed by atoms with E-state index in [0.29, 0.717) is 11.3 Å². The summed E-state index contributed by atoms with van der Waals surface area (Å²) in [7, 11) is 1.54. The van der Waals surface area contributed by atoms with E-state index in [-0.39, 0.29) is 12.4 Å². The number of carbonyl (C=O) groups is 2. The Kier molecular flexibility index (Phi) is 5.15. The van der Waals surface area contributed by atoms with Gasteiger partial charge in [0.15, 0.2) is 5.78 Å². The van der Waals surface area contributed by atoms with Gasteiger partial charge < -0.3 is 14.6 Å². The molecule has 3 rings (SSSR count). The normalized spacial score (nSPS) is 21.3. The van der Waals surface area contributed by atoms with Gasteiger partial charge in [-0.15, -0.1) is 0 Å². The van der Waals surface area contributed by atoms with Gasteiger partial charge in [0, 0.05) is 0 Å². The van der Waals surface area contributed by atoms with Crippen molar-refractivity contribution in [2.45, 2.75) is 25.4 Å². The fourth-order valence-corrected chi connectivity index (χ4v) is 3.36. The van der Waals surface area contributed by atoms with Gasteiger partial charge in [-0.05, 0) is 61.4 Å². The number of ether oxygens (including phenoxy) is 2. The van der Waals surface area contributed by atoms with Crippen molar-refractivity contribution in [2.75, 3.05) is 13.7 Å². The molecule has 0 radical (unpaired) electrons. The van der Waals surface area contributed by atoms with Crippen LogP contribution in [0.15, 0.2) is 54.6 Å². The molecule has 0 spiro atoms. The molecule has 140 valence electrons. The third-order valence-electron chi connectivity index (χ3n) is 4.82. The first-order valence-electron chi connectivity index (χ1n) is 8.68. The Balaban J connectivity index is 1.78. The minimum atomic E-state index is -1.57. The molecule has 0 saturated carbocycles. The molecule has 1 N–H and O–H groups in total. The highest BCUT2D eigenvalue weighted by Crippen LogP contribution is 2.38. The number of allylic oxidation sites excluding steroid dienone is 1. The maximum absolute atomic E-state index is 12.4. The molecular weight excluding hydrogens is 344 g/mol. The lowest BCUT2D eigenvalue weighted by atomic mass is 9.82. The van der Waals surface area contributed by atoms with Crippen LogP contribution in [0.3, 0.4) is 0 Å². The Labute approximate surface area is 158 Å². The zero-order valence-electron chi connectivity index (χ0n) is 15.6. The highest BCUT2D eigenvalue weighted by molar-refractivity contribution is 6.00. The van der Waals surface area contributed by atoms with Crippen molar-refractivity contribution in [1.29, 1.82) is 0 Å². The van der Waals surface area contributed by atoms with Crippen LogP contribution < -0.4 is 4.74 Å². The molecule has 27 heavy (non-hydrogen) atoms. The molecule has 0 aliphatic heterocycles. The van der Waals surface area contributed by atoms with Crippen LogP contribution in [-0.4, -0.2) is 36.2 Å².